The van der Waals surface area contributed by atoms with Crippen molar-refractivity contribution in [2.75, 3.05) is 25.1 Å². The van der Waals surface area contributed by atoms with E-state index in [0.29, 0.717) is 17.6 Å². The molecule has 0 spiro atoms. The molecule has 2 rings (SSSR count). The van der Waals surface area contributed by atoms with Crippen molar-refractivity contribution in [2.45, 2.75) is 31.2 Å². The van der Waals surface area contributed by atoms with Crippen LogP contribution in [0.4, 0.5) is 5.69 Å². The zero-order valence-corrected chi connectivity index (χ0v) is 13.0. The highest BCUT2D eigenvalue weighted by molar-refractivity contribution is 7.88. The van der Waals surface area contributed by atoms with E-state index in [1.807, 2.05) is 12.1 Å². The first-order valence-corrected chi connectivity index (χ1v) is 8.81. The monoisotopic (exact) mass is 313 g/mol. The van der Waals surface area contributed by atoms with Crippen molar-refractivity contribution in [2.24, 2.45) is 5.14 Å². The molecule has 0 bridgehead atoms. The van der Waals surface area contributed by atoms with Gasteiger partial charge in [-0.05, 0) is 31.0 Å². The van der Waals surface area contributed by atoms with Crippen LogP contribution in [0.15, 0.2) is 24.3 Å². The maximum atomic E-state index is 11.0. The van der Waals surface area contributed by atoms with Crippen molar-refractivity contribution in [3.05, 3.63) is 29.8 Å². The number of sulfonamides is 1. The van der Waals surface area contributed by atoms with Crippen molar-refractivity contribution in [3.8, 4) is 0 Å². The summed E-state index contributed by atoms with van der Waals surface area (Å²) >= 11 is 0. The SMILES string of the molecule is CC(CC1COCCN1)Nc1ccc(CS(N)(=O)=O)cc1. The average molecular weight is 313 g/mol. The van der Waals surface area contributed by atoms with Crippen LogP contribution in [-0.2, 0) is 20.5 Å². The summed E-state index contributed by atoms with van der Waals surface area (Å²) in [5.41, 5.74) is 1.66. The van der Waals surface area contributed by atoms with Crippen LogP contribution < -0.4 is 15.8 Å². The number of hydrogen-bond donors (Lipinski definition) is 3. The predicted octanol–water partition coefficient (Wildman–Crippen LogP) is 0.654. The Bertz CT molecular complexity index is 539. The maximum absolute atomic E-state index is 11.0. The number of benzene rings is 1. The molecule has 7 heteroatoms. The molecule has 1 aromatic carbocycles. The Kier molecular flexibility index (Phi) is 5.58. The van der Waals surface area contributed by atoms with Gasteiger partial charge < -0.3 is 15.4 Å². The lowest BCUT2D eigenvalue weighted by Crippen LogP contribution is -2.43. The lowest BCUT2D eigenvalue weighted by atomic mass is 10.1. The molecule has 1 aliphatic rings. The highest BCUT2D eigenvalue weighted by Gasteiger charge is 2.16. The Morgan fingerprint density at radius 3 is 2.71 bits per heavy atom. The molecule has 1 heterocycles. The number of hydrogen-bond acceptors (Lipinski definition) is 5. The minimum atomic E-state index is -3.47. The molecule has 0 aliphatic carbocycles. The summed E-state index contributed by atoms with van der Waals surface area (Å²) in [6.45, 7) is 4.55. The molecule has 118 valence electrons. The molecular weight excluding hydrogens is 290 g/mol. The Hall–Kier alpha value is -1.15. The molecule has 1 saturated heterocycles. The maximum Gasteiger partial charge on any atom is 0.213 e. The van der Waals surface area contributed by atoms with E-state index in [-0.39, 0.29) is 5.75 Å². The Morgan fingerprint density at radius 2 is 2.14 bits per heavy atom. The first-order valence-electron chi connectivity index (χ1n) is 7.09. The quantitative estimate of drug-likeness (QED) is 0.717. The van der Waals surface area contributed by atoms with Crippen LogP contribution >= 0.6 is 0 Å². The number of ether oxygens (including phenoxy) is 1. The van der Waals surface area contributed by atoms with Crippen LogP contribution in [0.25, 0.3) is 0 Å². The van der Waals surface area contributed by atoms with Gasteiger partial charge in [0.25, 0.3) is 0 Å². The lowest BCUT2D eigenvalue weighted by Gasteiger charge is -2.27. The third-order valence-electron chi connectivity index (χ3n) is 3.37. The largest absolute Gasteiger partial charge is 0.383 e. The molecule has 2 unspecified atom stereocenters. The fourth-order valence-corrected chi connectivity index (χ4v) is 3.13. The predicted molar refractivity (Wildman–Crippen MR) is 83.6 cm³/mol. The van der Waals surface area contributed by atoms with Crippen molar-refractivity contribution in [1.82, 2.24) is 5.32 Å². The molecule has 1 aliphatic heterocycles. The molecule has 1 aromatic rings. The van der Waals surface area contributed by atoms with E-state index in [4.69, 9.17) is 9.88 Å². The third kappa shape index (κ3) is 6.01. The van der Waals surface area contributed by atoms with E-state index in [1.165, 1.54) is 0 Å². The zero-order valence-electron chi connectivity index (χ0n) is 12.2. The molecule has 6 nitrogen and oxygen atoms in total. The van der Waals surface area contributed by atoms with Crippen molar-refractivity contribution < 1.29 is 13.2 Å². The summed E-state index contributed by atoms with van der Waals surface area (Å²) in [6, 6.07) is 7.99. The van der Waals surface area contributed by atoms with Crippen LogP contribution in [0.5, 0.6) is 0 Å². The lowest BCUT2D eigenvalue weighted by molar-refractivity contribution is 0.0731. The first-order chi connectivity index (χ1) is 9.92. The van der Waals surface area contributed by atoms with Crippen molar-refractivity contribution in [1.29, 1.82) is 0 Å². The Labute approximate surface area is 126 Å². The highest BCUT2D eigenvalue weighted by Crippen LogP contribution is 2.14. The number of primary sulfonamides is 1. The van der Waals surface area contributed by atoms with Gasteiger partial charge in [0.05, 0.1) is 19.0 Å². The molecule has 1 fully saturated rings. The van der Waals surface area contributed by atoms with Gasteiger partial charge in [-0.25, -0.2) is 13.6 Å². The third-order valence-corrected chi connectivity index (χ3v) is 4.11. The van der Waals surface area contributed by atoms with E-state index in [9.17, 15) is 8.42 Å². The number of nitrogens with one attached hydrogen (secondary N) is 2. The summed E-state index contributed by atoms with van der Waals surface area (Å²) in [7, 11) is -3.47. The van der Waals surface area contributed by atoms with Gasteiger partial charge in [0, 0.05) is 24.3 Å². The number of anilines is 1. The fraction of sp³-hybridized carbons (Fsp3) is 0.571. The van der Waals surface area contributed by atoms with Gasteiger partial charge in [0.2, 0.25) is 10.0 Å². The van der Waals surface area contributed by atoms with Crippen LogP contribution in [0.3, 0.4) is 0 Å². The molecule has 0 amide bonds. The summed E-state index contributed by atoms with van der Waals surface area (Å²) in [5.74, 6) is -0.133. The Morgan fingerprint density at radius 1 is 1.43 bits per heavy atom. The van der Waals surface area contributed by atoms with Gasteiger partial charge in [-0.2, -0.15) is 0 Å². The second-order valence-corrected chi connectivity index (χ2v) is 7.13. The van der Waals surface area contributed by atoms with Crippen LogP contribution in [-0.4, -0.2) is 40.3 Å². The first kappa shape index (κ1) is 16.2. The van der Waals surface area contributed by atoms with Gasteiger partial charge in [0.15, 0.2) is 0 Å². The van der Waals surface area contributed by atoms with E-state index in [0.717, 1.165) is 31.9 Å². The van der Waals surface area contributed by atoms with Crippen LogP contribution in [0.1, 0.15) is 18.9 Å². The summed E-state index contributed by atoms with van der Waals surface area (Å²) in [5, 5.41) is 11.9. The van der Waals surface area contributed by atoms with Gasteiger partial charge in [-0.15, -0.1) is 0 Å². The van der Waals surface area contributed by atoms with Gasteiger partial charge in [-0.3, -0.25) is 0 Å². The molecule has 21 heavy (non-hydrogen) atoms. The van der Waals surface area contributed by atoms with Crippen molar-refractivity contribution in [3.63, 3.8) is 0 Å². The van der Waals surface area contributed by atoms with E-state index in [1.54, 1.807) is 12.1 Å². The van der Waals surface area contributed by atoms with E-state index < -0.39 is 10.0 Å². The normalized spacial score (nSPS) is 21.0. The molecular formula is C14H23N3O3S. The van der Waals surface area contributed by atoms with Gasteiger partial charge >= 0.3 is 0 Å². The average Bonchev–Trinajstić information content (AvgIpc) is 2.40. The van der Waals surface area contributed by atoms with E-state index in [2.05, 4.69) is 17.6 Å². The van der Waals surface area contributed by atoms with Gasteiger partial charge in [-0.1, -0.05) is 12.1 Å². The molecule has 0 radical (unpaired) electrons. The summed E-state index contributed by atoms with van der Waals surface area (Å²) in [4.78, 5) is 0. The number of morpholine rings is 1. The minimum Gasteiger partial charge on any atom is -0.383 e. The summed E-state index contributed by atoms with van der Waals surface area (Å²) in [6.07, 6.45) is 0.971. The highest BCUT2D eigenvalue weighted by atomic mass is 32.2. The van der Waals surface area contributed by atoms with Crippen molar-refractivity contribution >= 4 is 15.7 Å². The number of nitrogens with two attached hydrogens (primary N) is 1. The smallest absolute Gasteiger partial charge is 0.213 e. The Balaban J connectivity index is 1.84. The van der Waals surface area contributed by atoms with Crippen LogP contribution in [0.2, 0.25) is 0 Å². The molecule has 2 atom stereocenters. The molecule has 4 N–H and O–H groups in total. The van der Waals surface area contributed by atoms with Gasteiger partial charge in [0.1, 0.15) is 0 Å². The standard InChI is InChI=1S/C14H23N3O3S/c1-11(8-14-9-20-7-6-16-14)17-13-4-2-12(3-5-13)10-21(15,18)19/h2-5,11,14,16-17H,6-10H2,1H3,(H2,15,18,19). The summed E-state index contributed by atoms with van der Waals surface area (Å²) < 4.78 is 27.5. The fourth-order valence-electron chi connectivity index (χ4n) is 2.47. The second-order valence-electron chi connectivity index (χ2n) is 5.51. The zero-order chi connectivity index (χ0) is 15.3. The second kappa shape index (κ2) is 7.22. The topological polar surface area (TPSA) is 93.4 Å². The minimum absolute atomic E-state index is 0.133. The molecule has 0 saturated carbocycles. The number of rotatable bonds is 6. The van der Waals surface area contributed by atoms with Crippen LogP contribution in [0, 0.1) is 0 Å². The molecule has 0 aromatic heterocycles. The van der Waals surface area contributed by atoms with E-state index >= 15 is 0 Å².